The molecule has 1 aliphatic rings. The second-order valence-corrected chi connectivity index (χ2v) is 7.32. The summed E-state index contributed by atoms with van der Waals surface area (Å²) in [4.78, 5) is 16.7. The fourth-order valence-corrected chi connectivity index (χ4v) is 3.53. The highest BCUT2D eigenvalue weighted by Gasteiger charge is 2.30. The number of likely N-dealkylation sites (tertiary alicyclic amines) is 1. The molecule has 0 atom stereocenters. The van der Waals surface area contributed by atoms with Crippen LogP contribution in [0, 0.1) is 6.92 Å². The van der Waals surface area contributed by atoms with Crippen LogP contribution in [-0.2, 0) is 16.1 Å². The first-order valence-electron chi connectivity index (χ1n) is 7.69. The van der Waals surface area contributed by atoms with Gasteiger partial charge in [0, 0.05) is 29.5 Å². The highest BCUT2D eigenvalue weighted by molar-refractivity contribution is 7.11. The Morgan fingerprint density at radius 3 is 2.71 bits per heavy atom. The van der Waals surface area contributed by atoms with E-state index in [1.165, 1.54) is 9.75 Å². The molecule has 0 unspecified atom stereocenters. The van der Waals surface area contributed by atoms with E-state index in [4.69, 9.17) is 4.74 Å². The van der Waals surface area contributed by atoms with Gasteiger partial charge in [0.05, 0.1) is 18.7 Å². The van der Waals surface area contributed by atoms with Crippen molar-refractivity contribution in [2.45, 2.75) is 45.8 Å². The van der Waals surface area contributed by atoms with Crippen molar-refractivity contribution in [3.63, 3.8) is 0 Å². The monoisotopic (exact) mass is 310 g/mol. The lowest BCUT2D eigenvalue weighted by atomic mass is 9.93. The molecule has 1 N–H and O–H groups in total. The number of carbonyl (C=O) groups is 1. The van der Waals surface area contributed by atoms with Gasteiger partial charge in [-0.1, -0.05) is 0 Å². The summed E-state index contributed by atoms with van der Waals surface area (Å²) in [6.45, 7) is 10.1. The summed E-state index contributed by atoms with van der Waals surface area (Å²) < 4.78 is 5.81. The van der Waals surface area contributed by atoms with Crippen LogP contribution >= 0.6 is 11.3 Å². The molecule has 118 valence electrons. The van der Waals surface area contributed by atoms with E-state index in [0.717, 1.165) is 32.5 Å². The van der Waals surface area contributed by atoms with E-state index < -0.39 is 0 Å². The summed E-state index contributed by atoms with van der Waals surface area (Å²) in [5, 5.41) is 3.00. The highest BCUT2D eigenvalue weighted by Crippen LogP contribution is 2.25. The predicted octanol–water partition coefficient (Wildman–Crippen LogP) is 2.56. The molecule has 2 heterocycles. The normalized spacial score (nSPS) is 18.6. The number of hydrogen-bond acceptors (Lipinski definition) is 4. The molecular weight excluding hydrogens is 284 g/mol. The molecule has 1 saturated heterocycles. The topological polar surface area (TPSA) is 41.6 Å². The lowest BCUT2D eigenvalue weighted by molar-refractivity contribution is -0.124. The highest BCUT2D eigenvalue weighted by atomic mass is 32.1. The molecular formula is C16H26N2O2S. The summed E-state index contributed by atoms with van der Waals surface area (Å²) in [7, 11) is 0. The van der Waals surface area contributed by atoms with Gasteiger partial charge in [0.2, 0.25) is 5.91 Å². The predicted molar refractivity (Wildman–Crippen MR) is 86.6 cm³/mol. The first-order chi connectivity index (χ1) is 10.0. The Balaban J connectivity index is 1.69. The first-order valence-corrected chi connectivity index (χ1v) is 8.51. The van der Waals surface area contributed by atoms with Gasteiger partial charge in [-0.25, -0.2) is 0 Å². The Labute approximate surface area is 131 Å². The second-order valence-electron chi connectivity index (χ2n) is 5.95. The fraction of sp³-hybridized carbons (Fsp3) is 0.688. The lowest BCUT2D eigenvalue weighted by Crippen LogP contribution is -2.47. The van der Waals surface area contributed by atoms with Crippen molar-refractivity contribution < 1.29 is 9.53 Å². The number of piperidine rings is 1. The van der Waals surface area contributed by atoms with Crippen molar-refractivity contribution in [1.82, 2.24) is 10.2 Å². The van der Waals surface area contributed by atoms with Crippen molar-refractivity contribution in [1.29, 1.82) is 0 Å². The van der Waals surface area contributed by atoms with Gasteiger partial charge in [0.15, 0.2) is 0 Å². The van der Waals surface area contributed by atoms with Gasteiger partial charge in [0.25, 0.3) is 0 Å². The van der Waals surface area contributed by atoms with Crippen LogP contribution in [0.5, 0.6) is 0 Å². The van der Waals surface area contributed by atoms with Gasteiger partial charge in [0.1, 0.15) is 0 Å². The summed E-state index contributed by atoms with van der Waals surface area (Å²) in [6, 6.07) is 4.17. The maximum atomic E-state index is 12.0. The zero-order valence-corrected chi connectivity index (χ0v) is 14.1. The zero-order chi connectivity index (χ0) is 15.3. The average Bonchev–Trinajstić information content (AvgIpc) is 2.85. The minimum absolute atomic E-state index is 0.00375. The van der Waals surface area contributed by atoms with E-state index >= 15 is 0 Å². The van der Waals surface area contributed by atoms with E-state index in [-0.39, 0.29) is 11.5 Å². The molecule has 1 amide bonds. The van der Waals surface area contributed by atoms with E-state index in [0.29, 0.717) is 13.1 Å². The van der Waals surface area contributed by atoms with Gasteiger partial charge in [-0.3, -0.25) is 9.69 Å². The molecule has 2 rings (SSSR count). The summed E-state index contributed by atoms with van der Waals surface area (Å²) in [5.41, 5.74) is -0.00375. The van der Waals surface area contributed by atoms with E-state index in [1.54, 1.807) is 11.3 Å². The molecule has 0 bridgehead atoms. The van der Waals surface area contributed by atoms with Crippen LogP contribution in [0.25, 0.3) is 0 Å². The zero-order valence-electron chi connectivity index (χ0n) is 13.3. The molecule has 1 aliphatic heterocycles. The number of rotatable bonds is 6. The number of hydrogen-bond donors (Lipinski definition) is 1. The summed E-state index contributed by atoms with van der Waals surface area (Å²) in [5.74, 6) is 0.112. The van der Waals surface area contributed by atoms with Crippen LogP contribution in [-0.4, -0.2) is 42.6 Å². The Morgan fingerprint density at radius 1 is 1.43 bits per heavy atom. The molecule has 1 aromatic heterocycles. The number of nitrogens with zero attached hydrogens (tertiary/aromatic N) is 1. The molecule has 0 spiro atoms. The van der Waals surface area contributed by atoms with Crippen LogP contribution in [0.2, 0.25) is 0 Å². The van der Waals surface area contributed by atoms with E-state index in [1.807, 2.05) is 6.92 Å². The number of nitrogens with one attached hydrogen (secondary N) is 1. The van der Waals surface area contributed by atoms with E-state index in [9.17, 15) is 4.79 Å². The smallest absolute Gasteiger partial charge is 0.234 e. The van der Waals surface area contributed by atoms with Crippen molar-refractivity contribution in [3.8, 4) is 0 Å². The van der Waals surface area contributed by atoms with Crippen LogP contribution in [0.3, 0.4) is 0 Å². The lowest BCUT2D eigenvalue weighted by Gasteiger charge is -2.38. The Hall–Kier alpha value is -0.910. The Morgan fingerprint density at radius 2 is 2.14 bits per heavy atom. The molecule has 1 fully saturated rings. The quantitative estimate of drug-likeness (QED) is 0.878. The van der Waals surface area contributed by atoms with Crippen molar-refractivity contribution in [3.05, 3.63) is 21.9 Å². The fourth-order valence-electron chi connectivity index (χ4n) is 2.70. The van der Waals surface area contributed by atoms with Crippen LogP contribution < -0.4 is 5.32 Å². The SMILES string of the molecule is CCOC1(C)CCN(CC(=O)NCc2ccc(C)s2)CC1. The van der Waals surface area contributed by atoms with Gasteiger partial charge >= 0.3 is 0 Å². The first kappa shape index (κ1) is 16.5. The maximum Gasteiger partial charge on any atom is 0.234 e. The molecule has 0 aliphatic carbocycles. The molecule has 0 aromatic carbocycles. The number of carbonyl (C=O) groups excluding carboxylic acids is 1. The van der Waals surface area contributed by atoms with Crippen molar-refractivity contribution in [2.75, 3.05) is 26.2 Å². The number of aryl methyl sites for hydroxylation is 1. The summed E-state index contributed by atoms with van der Waals surface area (Å²) >= 11 is 1.74. The van der Waals surface area contributed by atoms with Gasteiger partial charge < -0.3 is 10.1 Å². The van der Waals surface area contributed by atoms with Crippen LogP contribution in [0.4, 0.5) is 0 Å². The number of ether oxygens (including phenoxy) is 1. The Bertz CT molecular complexity index is 465. The molecule has 1 aromatic rings. The van der Waals surface area contributed by atoms with E-state index in [2.05, 4.69) is 36.2 Å². The summed E-state index contributed by atoms with van der Waals surface area (Å²) in [6.07, 6.45) is 2.00. The standard InChI is InChI=1S/C16H26N2O2S/c1-4-20-16(3)7-9-18(10-8-16)12-15(19)17-11-14-6-5-13(2)21-14/h5-6H,4,7-12H2,1-3H3,(H,17,19). The third-order valence-corrected chi connectivity index (χ3v) is 5.03. The van der Waals surface area contributed by atoms with Gasteiger partial charge in [-0.05, 0) is 45.7 Å². The minimum atomic E-state index is -0.00375. The number of thiophene rings is 1. The van der Waals surface area contributed by atoms with Crippen molar-refractivity contribution in [2.24, 2.45) is 0 Å². The number of amides is 1. The largest absolute Gasteiger partial charge is 0.375 e. The molecule has 0 radical (unpaired) electrons. The van der Waals surface area contributed by atoms with Crippen LogP contribution in [0.15, 0.2) is 12.1 Å². The van der Waals surface area contributed by atoms with Crippen molar-refractivity contribution >= 4 is 17.2 Å². The van der Waals surface area contributed by atoms with Crippen LogP contribution in [0.1, 0.15) is 36.4 Å². The second kappa shape index (κ2) is 7.38. The molecule has 0 saturated carbocycles. The Kier molecular flexibility index (Phi) is 5.79. The molecule has 5 heteroatoms. The third kappa shape index (κ3) is 5.09. The third-order valence-electron chi connectivity index (χ3n) is 4.03. The maximum absolute atomic E-state index is 12.0. The average molecular weight is 310 g/mol. The van der Waals surface area contributed by atoms with Gasteiger partial charge in [-0.15, -0.1) is 11.3 Å². The molecule has 4 nitrogen and oxygen atoms in total. The molecule has 21 heavy (non-hydrogen) atoms. The minimum Gasteiger partial charge on any atom is -0.375 e. The van der Waals surface area contributed by atoms with Gasteiger partial charge in [-0.2, -0.15) is 0 Å².